The summed E-state index contributed by atoms with van der Waals surface area (Å²) in [6.45, 7) is 2.57. The lowest BCUT2D eigenvalue weighted by Crippen LogP contribution is -2.17. The zero-order valence-electron chi connectivity index (χ0n) is 17.4. The number of carbonyl (C=O) groups excluding carboxylic acids is 1. The van der Waals surface area contributed by atoms with Gasteiger partial charge in [-0.25, -0.2) is 0 Å². The average Bonchev–Trinajstić information content (AvgIpc) is 3.34. The Balaban J connectivity index is 1.40. The summed E-state index contributed by atoms with van der Waals surface area (Å²) in [5, 5.41) is 3.63. The van der Waals surface area contributed by atoms with Gasteiger partial charge < -0.3 is 19.7 Å². The van der Waals surface area contributed by atoms with Crippen LogP contribution >= 0.6 is 11.6 Å². The van der Waals surface area contributed by atoms with E-state index in [1.54, 1.807) is 25.3 Å². The summed E-state index contributed by atoms with van der Waals surface area (Å²) >= 11 is 5.92. The van der Waals surface area contributed by atoms with Crippen LogP contribution in [0.4, 0.5) is 11.4 Å². The lowest BCUT2D eigenvalue weighted by molar-refractivity contribution is 0.102. The molecule has 1 aliphatic rings. The van der Waals surface area contributed by atoms with Gasteiger partial charge in [0.15, 0.2) is 11.5 Å². The lowest BCUT2D eigenvalue weighted by atomic mass is 10.1. The number of hydrogen-bond donors (Lipinski definition) is 1. The molecular formula is C25H25ClN2O3. The van der Waals surface area contributed by atoms with E-state index in [0.29, 0.717) is 28.7 Å². The fourth-order valence-electron chi connectivity index (χ4n) is 3.60. The molecule has 6 heteroatoms. The number of methoxy groups -OCH3 is 1. The first kappa shape index (κ1) is 21.1. The topological polar surface area (TPSA) is 50.8 Å². The molecule has 1 fully saturated rings. The Morgan fingerprint density at radius 2 is 1.68 bits per heavy atom. The molecule has 1 saturated heterocycles. The second kappa shape index (κ2) is 9.75. The number of hydrogen-bond acceptors (Lipinski definition) is 4. The minimum absolute atomic E-state index is 0.198. The quantitative estimate of drug-likeness (QED) is 0.510. The van der Waals surface area contributed by atoms with E-state index < -0.39 is 0 Å². The van der Waals surface area contributed by atoms with Crippen molar-refractivity contribution in [1.82, 2.24) is 0 Å². The summed E-state index contributed by atoms with van der Waals surface area (Å²) < 4.78 is 11.3. The summed E-state index contributed by atoms with van der Waals surface area (Å²) in [6.07, 6.45) is 2.47. The molecule has 0 spiro atoms. The Morgan fingerprint density at radius 1 is 0.968 bits per heavy atom. The predicted octanol–water partition coefficient (Wildman–Crippen LogP) is 5.78. The zero-order valence-corrected chi connectivity index (χ0v) is 18.2. The van der Waals surface area contributed by atoms with Crippen LogP contribution in [0.3, 0.4) is 0 Å². The SMILES string of the molecule is COc1cc(C(=O)Nc2ccc(N3CCCC3)cc2)ccc1OCc1ccc(Cl)cc1. The molecule has 1 amide bonds. The first-order valence-corrected chi connectivity index (χ1v) is 10.7. The van der Waals surface area contributed by atoms with Crippen molar-refractivity contribution in [3.8, 4) is 11.5 Å². The first-order valence-electron chi connectivity index (χ1n) is 10.3. The highest BCUT2D eigenvalue weighted by atomic mass is 35.5. The Morgan fingerprint density at radius 3 is 2.35 bits per heavy atom. The molecule has 3 aromatic carbocycles. The Bertz CT molecular complexity index is 1030. The van der Waals surface area contributed by atoms with Crippen molar-refractivity contribution in [2.45, 2.75) is 19.4 Å². The molecular weight excluding hydrogens is 412 g/mol. The van der Waals surface area contributed by atoms with E-state index >= 15 is 0 Å². The molecule has 0 aliphatic carbocycles. The molecule has 160 valence electrons. The van der Waals surface area contributed by atoms with Gasteiger partial charge in [0.05, 0.1) is 7.11 Å². The number of carbonyl (C=O) groups is 1. The summed E-state index contributed by atoms with van der Waals surface area (Å²) in [5.74, 6) is 0.881. The normalized spacial score (nSPS) is 13.2. The van der Waals surface area contributed by atoms with Crippen molar-refractivity contribution in [3.05, 3.63) is 82.9 Å². The Kier molecular flexibility index (Phi) is 6.63. The lowest BCUT2D eigenvalue weighted by Gasteiger charge is -2.18. The standard InChI is InChI=1S/C25H25ClN2O3/c1-30-24-16-19(6-13-23(24)31-17-18-4-7-20(26)8-5-18)25(29)27-21-9-11-22(12-10-21)28-14-2-3-15-28/h4-13,16H,2-3,14-15,17H2,1H3,(H,27,29). The number of halogens is 1. The molecule has 5 nitrogen and oxygen atoms in total. The summed E-state index contributed by atoms with van der Waals surface area (Å²) in [4.78, 5) is 15.1. The Labute approximate surface area is 187 Å². The second-order valence-corrected chi connectivity index (χ2v) is 7.91. The van der Waals surface area contributed by atoms with Crippen molar-refractivity contribution in [3.63, 3.8) is 0 Å². The maximum Gasteiger partial charge on any atom is 0.255 e. The van der Waals surface area contributed by atoms with E-state index in [4.69, 9.17) is 21.1 Å². The van der Waals surface area contributed by atoms with Gasteiger partial charge in [-0.1, -0.05) is 23.7 Å². The van der Waals surface area contributed by atoms with Gasteiger partial charge in [0.1, 0.15) is 6.61 Å². The van der Waals surface area contributed by atoms with Crippen LogP contribution < -0.4 is 19.7 Å². The van der Waals surface area contributed by atoms with Crippen LogP contribution in [-0.2, 0) is 6.61 Å². The number of rotatable bonds is 7. The number of nitrogens with one attached hydrogen (secondary N) is 1. The van der Waals surface area contributed by atoms with Gasteiger partial charge in [-0.2, -0.15) is 0 Å². The molecule has 1 aliphatic heterocycles. The smallest absolute Gasteiger partial charge is 0.255 e. The van der Waals surface area contributed by atoms with Crippen molar-refractivity contribution >= 4 is 28.9 Å². The van der Waals surface area contributed by atoms with E-state index in [1.165, 1.54) is 18.5 Å². The Hall–Kier alpha value is -3.18. The maximum absolute atomic E-state index is 12.7. The number of anilines is 2. The van der Waals surface area contributed by atoms with E-state index in [9.17, 15) is 4.79 Å². The third-order valence-electron chi connectivity index (χ3n) is 5.33. The van der Waals surface area contributed by atoms with Gasteiger partial charge in [-0.05, 0) is 73.0 Å². The molecule has 3 aromatic rings. The number of benzene rings is 3. The van der Waals surface area contributed by atoms with Gasteiger partial charge in [-0.3, -0.25) is 4.79 Å². The molecule has 0 radical (unpaired) electrons. The van der Waals surface area contributed by atoms with Crippen molar-refractivity contribution in [2.75, 3.05) is 30.4 Å². The fourth-order valence-corrected chi connectivity index (χ4v) is 3.73. The molecule has 4 rings (SSSR count). The van der Waals surface area contributed by atoms with Crippen LogP contribution in [0.15, 0.2) is 66.7 Å². The number of ether oxygens (including phenoxy) is 2. The largest absolute Gasteiger partial charge is 0.493 e. The van der Waals surface area contributed by atoms with Crippen LogP contribution in [0.5, 0.6) is 11.5 Å². The predicted molar refractivity (Wildman–Crippen MR) is 125 cm³/mol. The number of nitrogens with zero attached hydrogens (tertiary/aromatic N) is 1. The first-order chi connectivity index (χ1) is 15.1. The van der Waals surface area contributed by atoms with Crippen molar-refractivity contribution < 1.29 is 14.3 Å². The monoisotopic (exact) mass is 436 g/mol. The maximum atomic E-state index is 12.7. The summed E-state index contributed by atoms with van der Waals surface area (Å²) in [7, 11) is 1.56. The average molecular weight is 437 g/mol. The zero-order chi connectivity index (χ0) is 21.6. The highest BCUT2D eigenvalue weighted by molar-refractivity contribution is 6.30. The van der Waals surface area contributed by atoms with E-state index in [-0.39, 0.29) is 5.91 Å². The minimum Gasteiger partial charge on any atom is -0.493 e. The molecule has 0 unspecified atom stereocenters. The van der Waals surface area contributed by atoms with Crippen LogP contribution in [-0.4, -0.2) is 26.1 Å². The molecule has 1 heterocycles. The van der Waals surface area contributed by atoms with Gasteiger partial charge in [0, 0.05) is 35.1 Å². The van der Waals surface area contributed by atoms with Gasteiger partial charge in [0.25, 0.3) is 5.91 Å². The van der Waals surface area contributed by atoms with E-state index in [2.05, 4.69) is 22.3 Å². The molecule has 0 aromatic heterocycles. The van der Waals surface area contributed by atoms with E-state index in [1.807, 2.05) is 36.4 Å². The summed E-state index contributed by atoms with van der Waals surface area (Å²) in [5.41, 5.74) is 3.44. The van der Waals surface area contributed by atoms with Crippen molar-refractivity contribution in [1.29, 1.82) is 0 Å². The number of amides is 1. The van der Waals surface area contributed by atoms with Crippen LogP contribution in [0.2, 0.25) is 5.02 Å². The second-order valence-electron chi connectivity index (χ2n) is 7.48. The fraction of sp³-hybridized carbons (Fsp3) is 0.240. The van der Waals surface area contributed by atoms with E-state index in [0.717, 1.165) is 24.3 Å². The van der Waals surface area contributed by atoms with Gasteiger partial charge in [0.2, 0.25) is 0 Å². The van der Waals surface area contributed by atoms with Gasteiger partial charge >= 0.3 is 0 Å². The third kappa shape index (κ3) is 5.30. The highest BCUT2D eigenvalue weighted by Gasteiger charge is 2.14. The van der Waals surface area contributed by atoms with Gasteiger partial charge in [-0.15, -0.1) is 0 Å². The molecule has 31 heavy (non-hydrogen) atoms. The van der Waals surface area contributed by atoms with Crippen LogP contribution in [0, 0.1) is 0 Å². The molecule has 0 atom stereocenters. The third-order valence-corrected chi connectivity index (χ3v) is 5.58. The van der Waals surface area contributed by atoms with Crippen LogP contribution in [0.1, 0.15) is 28.8 Å². The molecule has 0 saturated carbocycles. The minimum atomic E-state index is -0.198. The summed E-state index contributed by atoms with van der Waals surface area (Å²) in [6, 6.07) is 20.6. The van der Waals surface area contributed by atoms with Crippen molar-refractivity contribution in [2.24, 2.45) is 0 Å². The molecule has 1 N–H and O–H groups in total. The highest BCUT2D eigenvalue weighted by Crippen LogP contribution is 2.29. The molecule has 0 bridgehead atoms. The van der Waals surface area contributed by atoms with Crippen LogP contribution in [0.25, 0.3) is 0 Å².